The zero-order valence-electron chi connectivity index (χ0n) is 9.89. The third kappa shape index (κ3) is 3.01. The van der Waals surface area contributed by atoms with Crippen LogP contribution in [0.4, 0.5) is 5.82 Å². The van der Waals surface area contributed by atoms with Crippen molar-refractivity contribution < 1.29 is 0 Å². The zero-order chi connectivity index (χ0) is 13.7. The summed E-state index contributed by atoms with van der Waals surface area (Å²) in [6.07, 6.45) is 1.53. The molecule has 0 radical (unpaired) electrons. The second-order valence-electron chi connectivity index (χ2n) is 3.80. The maximum Gasteiger partial charge on any atom is 0.146 e. The summed E-state index contributed by atoms with van der Waals surface area (Å²) >= 11 is 6.03. The van der Waals surface area contributed by atoms with Crippen molar-refractivity contribution in [3.8, 4) is 12.1 Å². The van der Waals surface area contributed by atoms with Gasteiger partial charge in [-0.2, -0.15) is 10.5 Å². The first-order valence-electron chi connectivity index (χ1n) is 5.52. The van der Waals surface area contributed by atoms with Crippen LogP contribution < -0.4 is 5.32 Å². The second-order valence-corrected chi connectivity index (χ2v) is 4.18. The van der Waals surface area contributed by atoms with Gasteiger partial charge in [-0.3, -0.25) is 0 Å². The minimum Gasteiger partial charge on any atom is -0.365 e. The highest BCUT2D eigenvalue weighted by Crippen LogP contribution is 2.23. The van der Waals surface area contributed by atoms with Crippen molar-refractivity contribution in [3.05, 3.63) is 58.2 Å². The molecule has 0 saturated heterocycles. The molecule has 0 aliphatic rings. The Morgan fingerprint density at radius 3 is 2.79 bits per heavy atom. The van der Waals surface area contributed by atoms with Crippen LogP contribution in [-0.4, -0.2) is 4.98 Å². The van der Waals surface area contributed by atoms with Gasteiger partial charge in [-0.1, -0.05) is 23.7 Å². The topological polar surface area (TPSA) is 72.5 Å². The molecule has 5 heteroatoms. The Morgan fingerprint density at radius 2 is 2.05 bits per heavy atom. The predicted octanol–water partition coefficient (Wildman–Crippen LogP) is 3.09. The number of nitriles is 2. The summed E-state index contributed by atoms with van der Waals surface area (Å²) in [5.41, 5.74) is 1.92. The number of aromatic nitrogens is 1. The molecule has 2 aromatic rings. The molecule has 4 nitrogen and oxygen atoms in total. The molecule has 0 bridgehead atoms. The molecule has 0 aliphatic carbocycles. The normalized spacial score (nSPS) is 9.42. The lowest BCUT2D eigenvalue weighted by Gasteiger charge is -2.08. The quantitative estimate of drug-likeness (QED) is 0.928. The van der Waals surface area contributed by atoms with Crippen molar-refractivity contribution in [2.45, 2.75) is 6.54 Å². The van der Waals surface area contributed by atoms with E-state index in [9.17, 15) is 0 Å². The molecule has 0 atom stereocenters. The first-order chi connectivity index (χ1) is 9.24. The second kappa shape index (κ2) is 5.86. The number of halogens is 1. The van der Waals surface area contributed by atoms with Crippen molar-refractivity contribution in [1.82, 2.24) is 4.98 Å². The van der Waals surface area contributed by atoms with Crippen molar-refractivity contribution >= 4 is 17.4 Å². The van der Waals surface area contributed by atoms with E-state index in [1.165, 1.54) is 6.20 Å². The first kappa shape index (κ1) is 12.9. The van der Waals surface area contributed by atoms with Crippen LogP contribution in [0.1, 0.15) is 16.7 Å². The molecule has 0 saturated carbocycles. The number of benzene rings is 1. The minimum absolute atomic E-state index is 0.307. The summed E-state index contributed by atoms with van der Waals surface area (Å²) in [6, 6.07) is 12.9. The summed E-state index contributed by atoms with van der Waals surface area (Å²) in [6.45, 7) is 0.483. The van der Waals surface area contributed by atoms with Gasteiger partial charge < -0.3 is 5.32 Å². The van der Waals surface area contributed by atoms with Gasteiger partial charge in [-0.05, 0) is 23.8 Å². The van der Waals surface area contributed by atoms with Crippen LogP contribution in [0.15, 0.2) is 36.5 Å². The molecule has 0 aliphatic heterocycles. The van der Waals surface area contributed by atoms with E-state index in [-0.39, 0.29) is 0 Å². The van der Waals surface area contributed by atoms with Crippen LogP contribution in [0, 0.1) is 22.7 Å². The number of hydrogen-bond acceptors (Lipinski definition) is 4. The maximum absolute atomic E-state index is 8.87. The van der Waals surface area contributed by atoms with Gasteiger partial charge in [0, 0.05) is 12.7 Å². The van der Waals surface area contributed by atoms with Gasteiger partial charge in [0.1, 0.15) is 16.9 Å². The molecule has 2 rings (SSSR count). The van der Waals surface area contributed by atoms with Crippen molar-refractivity contribution in [3.63, 3.8) is 0 Å². The molecule has 0 fully saturated rings. The van der Waals surface area contributed by atoms with Crippen molar-refractivity contribution in [1.29, 1.82) is 10.5 Å². The molecule has 0 amide bonds. The van der Waals surface area contributed by atoms with E-state index in [1.54, 1.807) is 18.2 Å². The number of nitrogens with zero attached hydrogens (tertiary/aromatic N) is 3. The van der Waals surface area contributed by atoms with E-state index in [1.807, 2.05) is 18.2 Å². The summed E-state index contributed by atoms with van der Waals surface area (Å²) in [5, 5.41) is 21.0. The monoisotopic (exact) mass is 268 g/mol. The fourth-order valence-corrected chi connectivity index (χ4v) is 1.81. The van der Waals surface area contributed by atoms with Crippen LogP contribution in [-0.2, 0) is 6.54 Å². The number of nitrogens with one attached hydrogen (secondary N) is 1. The number of rotatable bonds is 3. The summed E-state index contributed by atoms with van der Waals surface area (Å²) < 4.78 is 0. The Bertz CT molecular complexity index is 683. The highest BCUT2D eigenvalue weighted by Gasteiger charge is 2.06. The van der Waals surface area contributed by atoms with Crippen LogP contribution in [0.5, 0.6) is 0 Å². The summed E-state index contributed by atoms with van der Waals surface area (Å²) in [5.74, 6) is 0.461. The smallest absolute Gasteiger partial charge is 0.146 e. The third-order valence-electron chi connectivity index (χ3n) is 2.53. The fraction of sp³-hybridized carbons (Fsp3) is 0.0714. The highest BCUT2D eigenvalue weighted by atomic mass is 35.5. The van der Waals surface area contributed by atoms with Gasteiger partial charge in [0.2, 0.25) is 0 Å². The molecule has 1 N–H and O–H groups in total. The lowest BCUT2D eigenvalue weighted by atomic mass is 10.1. The molecule has 0 spiro atoms. The highest BCUT2D eigenvalue weighted by molar-refractivity contribution is 6.34. The molecule has 1 aromatic carbocycles. The van der Waals surface area contributed by atoms with Crippen LogP contribution in [0.3, 0.4) is 0 Å². The van der Waals surface area contributed by atoms with Gasteiger partial charge in [-0.25, -0.2) is 4.98 Å². The Morgan fingerprint density at radius 1 is 1.21 bits per heavy atom. The van der Waals surface area contributed by atoms with Gasteiger partial charge in [-0.15, -0.1) is 0 Å². The number of anilines is 1. The molecule has 1 heterocycles. The Balaban J connectivity index is 2.15. The number of hydrogen-bond donors (Lipinski definition) is 1. The van der Waals surface area contributed by atoms with E-state index in [4.69, 9.17) is 22.1 Å². The van der Waals surface area contributed by atoms with Crippen molar-refractivity contribution in [2.24, 2.45) is 0 Å². The van der Waals surface area contributed by atoms with E-state index >= 15 is 0 Å². The van der Waals surface area contributed by atoms with E-state index in [0.29, 0.717) is 28.5 Å². The maximum atomic E-state index is 8.87. The first-order valence-corrected chi connectivity index (χ1v) is 5.90. The molecule has 19 heavy (non-hydrogen) atoms. The molecule has 0 unspecified atom stereocenters. The van der Waals surface area contributed by atoms with E-state index in [2.05, 4.69) is 16.4 Å². The lowest BCUT2D eigenvalue weighted by Crippen LogP contribution is -2.02. The largest absolute Gasteiger partial charge is 0.365 e. The molecule has 1 aromatic heterocycles. The Labute approximate surface area is 115 Å². The average molecular weight is 269 g/mol. The molecular formula is C14H9ClN4. The van der Waals surface area contributed by atoms with Gasteiger partial charge >= 0.3 is 0 Å². The van der Waals surface area contributed by atoms with Crippen LogP contribution in [0.25, 0.3) is 0 Å². The zero-order valence-corrected chi connectivity index (χ0v) is 10.6. The van der Waals surface area contributed by atoms with Gasteiger partial charge in [0.25, 0.3) is 0 Å². The average Bonchev–Trinajstić information content (AvgIpc) is 2.46. The van der Waals surface area contributed by atoms with E-state index < -0.39 is 0 Å². The standard InChI is InChI=1S/C14H9ClN4/c15-13-12(8-17)4-5-18-14(13)19-9-11-3-1-2-10(6-11)7-16/h1-6H,9H2,(H,18,19). The van der Waals surface area contributed by atoms with Gasteiger partial charge in [0.15, 0.2) is 0 Å². The Kier molecular flexibility index (Phi) is 3.97. The summed E-state index contributed by atoms with van der Waals surface area (Å²) in [4.78, 5) is 4.09. The van der Waals surface area contributed by atoms with E-state index in [0.717, 1.165) is 5.56 Å². The third-order valence-corrected chi connectivity index (χ3v) is 2.91. The summed E-state index contributed by atoms with van der Waals surface area (Å²) in [7, 11) is 0. The minimum atomic E-state index is 0.307. The van der Waals surface area contributed by atoms with Gasteiger partial charge in [0.05, 0.1) is 17.2 Å². The van der Waals surface area contributed by atoms with Crippen LogP contribution in [0.2, 0.25) is 5.02 Å². The van der Waals surface area contributed by atoms with Crippen molar-refractivity contribution in [2.75, 3.05) is 5.32 Å². The number of pyridine rings is 1. The fourth-order valence-electron chi connectivity index (χ4n) is 1.59. The van der Waals surface area contributed by atoms with Crippen LogP contribution >= 0.6 is 11.6 Å². The lowest BCUT2D eigenvalue weighted by molar-refractivity contribution is 1.11. The SMILES string of the molecule is N#Cc1cccc(CNc2nccc(C#N)c2Cl)c1. The molecule has 92 valence electrons. The predicted molar refractivity (Wildman–Crippen MR) is 72.4 cm³/mol. The molecular weight excluding hydrogens is 260 g/mol. The Hall–Kier alpha value is -2.56.